The fraction of sp³-hybridized carbons (Fsp3) is 0.438. The molecule has 0 spiro atoms. The zero-order chi connectivity index (χ0) is 17.5. The van der Waals surface area contributed by atoms with Crippen LogP contribution in [0.25, 0.3) is 0 Å². The van der Waals surface area contributed by atoms with Crippen molar-refractivity contribution in [2.45, 2.75) is 0 Å². The first-order valence-corrected chi connectivity index (χ1v) is 8.15. The van der Waals surface area contributed by atoms with E-state index in [-0.39, 0.29) is 5.91 Å². The van der Waals surface area contributed by atoms with Crippen LogP contribution in [0.3, 0.4) is 0 Å². The summed E-state index contributed by atoms with van der Waals surface area (Å²) in [6.07, 6.45) is 5.03. The smallest absolute Gasteiger partial charge is 0.272 e. The summed E-state index contributed by atoms with van der Waals surface area (Å²) in [4.78, 5) is 33.4. The Hall–Kier alpha value is -2.81. The Morgan fingerprint density at radius 3 is 2.64 bits per heavy atom. The highest BCUT2D eigenvalue weighted by Crippen LogP contribution is 2.12. The Morgan fingerprint density at radius 1 is 1.16 bits per heavy atom. The van der Waals surface area contributed by atoms with Crippen LogP contribution in [0.5, 0.6) is 0 Å². The van der Waals surface area contributed by atoms with Gasteiger partial charge in [0.15, 0.2) is 0 Å². The number of rotatable bonds is 6. The van der Waals surface area contributed by atoms with Crippen LogP contribution in [-0.2, 0) is 4.74 Å². The van der Waals surface area contributed by atoms with Crippen molar-refractivity contribution >= 4 is 17.8 Å². The lowest BCUT2D eigenvalue weighted by Gasteiger charge is -2.34. The van der Waals surface area contributed by atoms with Gasteiger partial charge in [-0.2, -0.15) is 0 Å². The first-order chi connectivity index (χ1) is 12.3. The molecular formula is C16H21N7O2. The molecule has 0 saturated carbocycles. The van der Waals surface area contributed by atoms with E-state index in [4.69, 9.17) is 4.74 Å². The van der Waals surface area contributed by atoms with Crippen molar-refractivity contribution in [3.8, 4) is 0 Å². The number of amides is 1. The molecule has 1 fully saturated rings. The second-order valence-corrected chi connectivity index (χ2v) is 5.51. The van der Waals surface area contributed by atoms with Gasteiger partial charge in [-0.25, -0.2) is 19.9 Å². The predicted octanol–water partition coefficient (Wildman–Crippen LogP) is 0.287. The van der Waals surface area contributed by atoms with Crippen LogP contribution in [-0.4, -0.2) is 77.2 Å². The first-order valence-electron chi connectivity index (χ1n) is 8.15. The minimum absolute atomic E-state index is 0.0918. The molecule has 1 aliphatic heterocycles. The number of ether oxygens (including phenoxy) is 1. The Bertz CT molecular complexity index is 690. The van der Waals surface area contributed by atoms with Gasteiger partial charge in [-0.05, 0) is 12.1 Å². The molecule has 3 rings (SSSR count). The van der Waals surface area contributed by atoms with E-state index >= 15 is 0 Å². The molecule has 0 aliphatic carbocycles. The summed E-state index contributed by atoms with van der Waals surface area (Å²) in [6.45, 7) is 3.73. The van der Waals surface area contributed by atoms with E-state index in [0.717, 1.165) is 0 Å². The van der Waals surface area contributed by atoms with Gasteiger partial charge >= 0.3 is 0 Å². The van der Waals surface area contributed by atoms with Gasteiger partial charge in [-0.1, -0.05) is 0 Å². The summed E-state index contributed by atoms with van der Waals surface area (Å²) in [5.41, 5.74) is 0.388. The van der Waals surface area contributed by atoms with Gasteiger partial charge in [0, 0.05) is 58.4 Å². The lowest BCUT2D eigenvalue weighted by atomic mass is 10.2. The van der Waals surface area contributed by atoms with E-state index in [0.29, 0.717) is 56.9 Å². The van der Waals surface area contributed by atoms with Gasteiger partial charge in [-0.15, -0.1) is 0 Å². The number of nitrogens with one attached hydrogen (secondary N) is 1. The first kappa shape index (κ1) is 17.0. The third kappa shape index (κ3) is 4.38. The topological polar surface area (TPSA) is 96.4 Å². The van der Waals surface area contributed by atoms with Gasteiger partial charge in [0.1, 0.15) is 5.69 Å². The van der Waals surface area contributed by atoms with Crippen LogP contribution in [0.2, 0.25) is 0 Å². The average Bonchev–Trinajstić information content (AvgIpc) is 2.69. The van der Waals surface area contributed by atoms with Crippen molar-refractivity contribution < 1.29 is 9.53 Å². The van der Waals surface area contributed by atoms with Gasteiger partial charge in [-0.3, -0.25) is 4.79 Å². The monoisotopic (exact) mass is 343 g/mol. The quantitative estimate of drug-likeness (QED) is 0.748. The van der Waals surface area contributed by atoms with Gasteiger partial charge < -0.3 is 19.9 Å². The van der Waals surface area contributed by atoms with Crippen molar-refractivity contribution in [2.24, 2.45) is 0 Å². The van der Waals surface area contributed by atoms with Crippen molar-refractivity contribution in [1.29, 1.82) is 0 Å². The van der Waals surface area contributed by atoms with E-state index in [9.17, 15) is 4.79 Å². The van der Waals surface area contributed by atoms with Crippen LogP contribution in [0.1, 0.15) is 10.5 Å². The normalized spacial score (nSPS) is 14.4. The maximum Gasteiger partial charge on any atom is 0.272 e. The van der Waals surface area contributed by atoms with Gasteiger partial charge in [0.05, 0.1) is 6.61 Å². The number of hydrogen-bond donors (Lipinski definition) is 1. The molecule has 0 atom stereocenters. The van der Waals surface area contributed by atoms with Crippen molar-refractivity contribution in [2.75, 3.05) is 56.7 Å². The third-order valence-corrected chi connectivity index (χ3v) is 3.87. The molecule has 0 bridgehead atoms. The second kappa shape index (κ2) is 8.34. The van der Waals surface area contributed by atoms with Crippen LogP contribution in [0.15, 0.2) is 30.7 Å². The highest BCUT2D eigenvalue weighted by Gasteiger charge is 2.24. The summed E-state index contributed by atoms with van der Waals surface area (Å²) >= 11 is 0. The van der Waals surface area contributed by atoms with E-state index in [1.165, 1.54) is 0 Å². The fourth-order valence-corrected chi connectivity index (χ4v) is 2.55. The van der Waals surface area contributed by atoms with Gasteiger partial charge in [0.25, 0.3) is 5.91 Å². The molecule has 132 valence electrons. The molecule has 1 aliphatic rings. The highest BCUT2D eigenvalue weighted by molar-refractivity contribution is 5.92. The molecule has 0 radical (unpaired) electrons. The summed E-state index contributed by atoms with van der Waals surface area (Å²) in [6, 6.07) is 3.42. The molecule has 0 aromatic carbocycles. The predicted molar refractivity (Wildman–Crippen MR) is 92.5 cm³/mol. The molecule has 9 heteroatoms. The minimum atomic E-state index is -0.0918. The summed E-state index contributed by atoms with van der Waals surface area (Å²) in [5, 5.41) is 3.03. The number of nitrogens with zero attached hydrogens (tertiary/aromatic N) is 6. The summed E-state index contributed by atoms with van der Waals surface area (Å²) in [5.74, 6) is 1.03. The molecule has 1 saturated heterocycles. The molecular weight excluding hydrogens is 322 g/mol. The molecule has 2 aromatic rings. The number of aromatic nitrogens is 4. The van der Waals surface area contributed by atoms with E-state index in [1.54, 1.807) is 42.7 Å². The Balaban J connectivity index is 1.58. The molecule has 0 unspecified atom stereocenters. The number of carbonyl (C=O) groups is 1. The largest absolute Gasteiger partial charge is 0.383 e. The number of anilines is 2. The Labute approximate surface area is 146 Å². The van der Waals surface area contributed by atoms with E-state index in [2.05, 4.69) is 30.2 Å². The molecule has 3 heterocycles. The average molecular weight is 343 g/mol. The van der Waals surface area contributed by atoms with Crippen LogP contribution >= 0.6 is 0 Å². The zero-order valence-electron chi connectivity index (χ0n) is 14.1. The number of hydrogen-bond acceptors (Lipinski definition) is 8. The zero-order valence-corrected chi connectivity index (χ0v) is 14.1. The van der Waals surface area contributed by atoms with Crippen molar-refractivity contribution in [1.82, 2.24) is 24.8 Å². The molecule has 9 nitrogen and oxygen atoms in total. The van der Waals surface area contributed by atoms with E-state index in [1.807, 2.05) is 0 Å². The van der Waals surface area contributed by atoms with Crippen LogP contribution in [0.4, 0.5) is 11.9 Å². The number of methoxy groups -OCH3 is 1. The van der Waals surface area contributed by atoms with Crippen molar-refractivity contribution in [3.63, 3.8) is 0 Å². The number of piperazine rings is 1. The minimum Gasteiger partial charge on any atom is -0.383 e. The van der Waals surface area contributed by atoms with Crippen molar-refractivity contribution in [3.05, 3.63) is 36.4 Å². The SMILES string of the molecule is COCCNc1nccc(C(=O)N2CCN(c3ncccn3)CC2)n1. The Kier molecular flexibility index (Phi) is 5.68. The molecule has 2 aromatic heterocycles. The highest BCUT2D eigenvalue weighted by atomic mass is 16.5. The molecule has 1 N–H and O–H groups in total. The Morgan fingerprint density at radius 2 is 1.92 bits per heavy atom. The lowest BCUT2D eigenvalue weighted by molar-refractivity contribution is 0.0740. The molecule has 25 heavy (non-hydrogen) atoms. The number of carbonyl (C=O) groups excluding carboxylic acids is 1. The third-order valence-electron chi connectivity index (χ3n) is 3.87. The second-order valence-electron chi connectivity index (χ2n) is 5.51. The lowest BCUT2D eigenvalue weighted by Crippen LogP contribution is -2.49. The van der Waals surface area contributed by atoms with Crippen LogP contribution in [0, 0.1) is 0 Å². The van der Waals surface area contributed by atoms with E-state index < -0.39 is 0 Å². The van der Waals surface area contributed by atoms with Gasteiger partial charge in [0.2, 0.25) is 11.9 Å². The summed E-state index contributed by atoms with van der Waals surface area (Å²) in [7, 11) is 1.63. The summed E-state index contributed by atoms with van der Waals surface area (Å²) < 4.78 is 4.97. The maximum atomic E-state index is 12.7. The fourth-order valence-electron chi connectivity index (χ4n) is 2.55. The standard InChI is InChI=1S/C16H21N7O2/c1-25-12-7-18-15-17-6-3-13(21-15)14(24)22-8-10-23(11-9-22)16-19-4-2-5-20-16/h2-6H,7-12H2,1H3,(H,17,18,21). The molecule has 1 amide bonds. The van der Waals surface area contributed by atoms with Crippen LogP contribution < -0.4 is 10.2 Å². The maximum absolute atomic E-state index is 12.7.